The van der Waals surface area contributed by atoms with Crippen LogP contribution in [0.1, 0.15) is 11.3 Å². The third-order valence-corrected chi connectivity index (χ3v) is 4.04. The fourth-order valence-corrected chi connectivity index (χ4v) is 2.83. The minimum absolute atomic E-state index is 0.0198. The monoisotopic (exact) mass is 308 g/mol. The van der Waals surface area contributed by atoms with Gasteiger partial charge < -0.3 is 19.1 Å². The van der Waals surface area contributed by atoms with Gasteiger partial charge in [0.15, 0.2) is 5.16 Å². The molecule has 0 aliphatic rings. The highest BCUT2D eigenvalue weighted by Gasteiger charge is 2.10. The number of imidazole rings is 1. The molecule has 0 radical (unpaired) electrons. The molecule has 1 N–H and O–H groups in total. The second-order valence-electron chi connectivity index (χ2n) is 4.47. The summed E-state index contributed by atoms with van der Waals surface area (Å²) in [5, 5.41) is 10.3. The zero-order valence-corrected chi connectivity index (χ0v) is 13.1. The van der Waals surface area contributed by atoms with E-state index in [2.05, 4.69) is 4.98 Å². The number of hydrogen-bond donors (Lipinski definition) is 1. The fourth-order valence-electron chi connectivity index (χ4n) is 1.93. The molecule has 5 nitrogen and oxygen atoms in total. The Bertz CT molecular complexity index is 555. The summed E-state index contributed by atoms with van der Waals surface area (Å²) in [7, 11) is 3.34. The number of thioether (sulfide) groups is 1. The zero-order valence-electron chi connectivity index (χ0n) is 12.3. The van der Waals surface area contributed by atoms with Crippen LogP contribution in [-0.2, 0) is 17.9 Å². The molecule has 1 aromatic heterocycles. The molecule has 0 atom stereocenters. The highest BCUT2D eigenvalue weighted by atomic mass is 32.2. The Balaban J connectivity index is 2.14. The Hall–Kier alpha value is -1.50. The van der Waals surface area contributed by atoms with Crippen LogP contribution in [0, 0.1) is 0 Å². The molecule has 0 aliphatic heterocycles. The molecule has 0 saturated carbocycles. The lowest BCUT2D eigenvalue weighted by atomic mass is 10.2. The number of methoxy groups -OCH3 is 2. The molecule has 0 saturated heterocycles. The smallest absolute Gasteiger partial charge is 0.168 e. The Morgan fingerprint density at radius 1 is 1.24 bits per heavy atom. The standard InChI is InChI=1S/C15H20N2O3S/c1-19-7-8-21-15-16-9-13(11-18)17(15)10-12-3-5-14(20-2)6-4-12/h3-6,9,18H,7-8,10-11H2,1-2H3. The first kappa shape index (κ1) is 15.9. The molecule has 0 spiro atoms. The summed E-state index contributed by atoms with van der Waals surface area (Å²) >= 11 is 1.63. The normalized spacial score (nSPS) is 10.8. The first-order valence-corrected chi connectivity index (χ1v) is 7.67. The van der Waals surface area contributed by atoms with Crippen LogP contribution in [0.25, 0.3) is 0 Å². The van der Waals surface area contributed by atoms with Crippen LogP contribution in [-0.4, -0.2) is 41.2 Å². The van der Waals surface area contributed by atoms with Gasteiger partial charge in [-0.25, -0.2) is 4.98 Å². The highest BCUT2D eigenvalue weighted by molar-refractivity contribution is 7.99. The number of aromatic nitrogens is 2. The average molecular weight is 308 g/mol. The number of aliphatic hydroxyl groups is 1. The van der Waals surface area contributed by atoms with Gasteiger partial charge in [-0.3, -0.25) is 0 Å². The van der Waals surface area contributed by atoms with Gasteiger partial charge in [0, 0.05) is 19.4 Å². The van der Waals surface area contributed by atoms with Crippen LogP contribution < -0.4 is 4.74 Å². The van der Waals surface area contributed by atoms with Crippen molar-refractivity contribution in [1.29, 1.82) is 0 Å². The minimum atomic E-state index is -0.0198. The summed E-state index contributed by atoms with van der Waals surface area (Å²) in [5.41, 5.74) is 1.95. The third-order valence-electron chi connectivity index (χ3n) is 3.08. The van der Waals surface area contributed by atoms with E-state index >= 15 is 0 Å². The molecule has 0 amide bonds. The average Bonchev–Trinajstić information content (AvgIpc) is 2.90. The van der Waals surface area contributed by atoms with Gasteiger partial charge in [-0.05, 0) is 17.7 Å². The lowest BCUT2D eigenvalue weighted by Gasteiger charge is -2.11. The van der Waals surface area contributed by atoms with E-state index in [0.29, 0.717) is 13.2 Å². The van der Waals surface area contributed by atoms with Gasteiger partial charge in [-0.15, -0.1) is 0 Å². The van der Waals surface area contributed by atoms with E-state index in [-0.39, 0.29) is 6.61 Å². The number of aliphatic hydroxyl groups excluding tert-OH is 1. The van der Waals surface area contributed by atoms with Gasteiger partial charge >= 0.3 is 0 Å². The maximum Gasteiger partial charge on any atom is 0.168 e. The molecule has 2 rings (SSSR count). The highest BCUT2D eigenvalue weighted by Crippen LogP contribution is 2.21. The first-order chi connectivity index (χ1) is 10.3. The van der Waals surface area contributed by atoms with Crippen molar-refractivity contribution in [2.45, 2.75) is 18.3 Å². The van der Waals surface area contributed by atoms with Crippen molar-refractivity contribution >= 4 is 11.8 Å². The maximum absolute atomic E-state index is 9.45. The van der Waals surface area contributed by atoms with E-state index in [4.69, 9.17) is 9.47 Å². The van der Waals surface area contributed by atoms with Crippen LogP contribution in [0.15, 0.2) is 35.6 Å². The lowest BCUT2D eigenvalue weighted by Crippen LogP contribution is -2.06. The van der Waals surface area contributed by atoms with Crippen LogP contribution in [0.3, 0.4) is 0 Å². The van der Waals surface area contributed by atoms with Gasteiger partial charge in [-0.2, -0.15) is 0 Å². The Morgan fingerprint density at radius 2 is 2.00 bits per heavy atom. The molecule has 1 heterocycles. The molecule has 0 aliphatic carbocycles. The molecule has 114 valence electrons. The van der Waals surface area contributed by atoms with Gasteiger partial charge in [0.05, 0.1) is 32.2 Å². The molecule has 1 aromatic carbocycles. The van der Waals surface area contributed by atoms with Crippen molar-refractivity contribution in [3.05, 3.63) is 41.7 Å². The zero-order chi connectivity index (χ0) is 15.1. The number of benzene rings is 1. The number of rotatable bonds is 8. The topological polar surface area (TPSA) is 56.5 Å². The molecule has 21 heavy (non-hydrogen) atoms. The molecule has 0 fully saturated rings. The van der Waals surface area contributed by atoms with E-state index in [1.807, 2.05) is 28.8 Å². The van der Waals surface area contributed by atoms with Crippen LogP contribution in [0.5, 0.6) is 5.75 Å². The van der Waals surface area contributed by atoms with Crippen LogP contribution >= 0.6 is 11.8 Å². The van der Waals surface area contributed by atoms with Crippen molar-refractivity contribution in [1.82, 2.24) is 9.55 Å². The van der Waals surface area contributed by atoms with Gasteiger partial charge in [0.1, 0.15) is 5.75 Å². The van der Waals surface area contributed by atoms with Crippen molar-refractivity contribution in [2.24, 2.45) is 0 Å². The quantitative estimate of drug-likeness (QED) is 0.598. The predicted octanol–water partition coefficient (Wildman–Crippen LogP) is 2.17. The van der Waals surface area contributed by atoms with Gasteiger partial charge in [0.25, 0.3) is 0 Å². The summed E-state index contributed by atoms with van der Waals surface area (Å²) in [4.78, 5) is 4.37. The third kappa shape index (κ3) is 4.23. The Labute approximate surface area is 128 Å². The largest absolute Gasteiger partial charge is 0.497 e. The first-order valence-electron chi connectivity index (χ1n) is 6.68. The van der Waals surface area contributed by atoms with Gasteiger partial charge in [-0.1, -0.05) is 23.9 Å². The summed E-state index contributed by atoms with van der Waals surface area (Å²) < 4.78 is 12.3. The summed E-state index contributed by atoms with van der Waals surface area (Å²) in [5.74, 6) is 1.67. The molecule has 0 unspecified atom stereocenters. The lowest BCUT2D eigenvalue weighted by molar-refractivity contribution is 0.218. The van der Waals surface area contributed by atoms with Crippen molar-refractivity contribution in [3.8, 4) is 5.75 Å². The maximum atomic E-state index is 9.45. The molecule has 6 heteroatoms. The molecule has 0 bridgehead atoms. The molecular weight excluding hydrogens is 288 g/mol. The SMILES string of the molecule is COCCSc1ncc(CO)n1Cc1ccc(OC)cc1. The summed E-state index contributed by atoms with van der Waals surface area (Å²) in [6, 6.07) is 7.90. The van der Waals surface area contributed by atoms with E-state index in [1.54, 1.807) is 32.2 Å². The van der Waals surface area contributed by atoms with Gasteiger partial charge in [0.2, 0.25) is 0 Å². The Morgan fingerprint density at radius 3 is 2.62 bits per heavy atom. The summed E-state index contributed by atoms with van der Waals surface area (Å²) in [6.45, 7) is 1.33. The van der Waals surface area contributed by atoms with Crippen molar-refractivity contribution < 1.29 is 14.6 Å². The molecule has 2 aromatic rings. The van der Waals surface area contributed by atoms with Crippen LogP contribution in [0.4, 0.5) is 0 Å². The number of hydrogen-bond acceptors (Lipinski definition) is 5. The second-order valence-corrected chi connectivity index (χ2v) is 5.53. The predicted molar refractivity (Wildman–Crippen MR) is 82.8 cm³/mol. The van der Waals surface area contributed by atoms with E-state index < -0.39 is 0 Å². The Kier molecular flexibility index (Phi) is 6.10. The van der Waals surface area contributed by atoms with E-state index in [0.717, 1.165) is 27.9 Å². The van der Waals surface area contributed by atoms with Crippen molar-refractivity contribution in [3.63, 3.8) is 0 Å². The molecular formula is C15H20N2O3S. The van der Waals surface area contributed by atoms with Crippen molar-refractivity contribution in [2.75, 3.05) is 26.6 Å². The second kappa shape index (κ2) is 8.07. The fraction of sp³-hybridized carbons (Fsp3) is 0.400. The van der Waals surface area contributed by atoms with E-state index in [9.17, 15) is 5.11 Å². The van der Waals surface area contributed by atoms with Crippen LogP contribution in [0.2, 0.25) is 0 Å². The minimum Gasteiger partial charge on any atom is -0.497 e. The number of nitrogens with zero attached hydrogens (tertiary/aromatic N) is 2. The summed E-state index contributed by atoms with van der Waals surface area (Å²) in [6.07, 6.45) is 1.72. The van der Waals surface area contributed by atoms with E-state index in [1.165, 1.54) is 0 Å². The number of ether oxygens (including phenoxy) is 2.